The zero-order valence-electron chi connectivity index (χ0n) is 25.0. The van der Waals surface area contributed by atoms with E-state index in [4.69, 9.17) is 20.2 Å². The van der Waals surface area contributed by atoms with Crippen molar-refractivity contribution < 1.29 is 19.1 Å². The third kappa shape index (κ3) is 7.44. The maximum Gasteiger partial charge on any atom is 0.248 e. The number of nitrogens with two attached hydrogens (primary N) is 1. The van der Waals surface area contributed by atoms with Crippen LogP contribution in [0.5, 0.6) is 0 Å². The van der Waals surface area contributed by atoms with E-state index in [0.717, 1.165) is 29.5 Å². The first kappa shape index (κ1) is 30.3. The second-order valence-electron chi connectivity index (χ2n) is 11.7. The van der Waals surface area contributed by atoms with Crippen molar-refractivity contribution >= 4 is 17.7 Å². The highest BCUT2D eigenvalue weighted by atomic mass is 16.5. The minimum absolute atomic E-state index is 0.229. The second kappa shape index (κ2) is 13.4. The summed E-state index contributed by atoms with van der Waals surface area (Å²) in [5.41, 5.74) is 8.38. The van der Waals surface area contributed by atoms with Crippen molar-refractivity contribution in [2.24, 2.45) is 10.7 Å². The summed E-state index contributed by atoms with van der Waals surface area (Å²) in [7, 11) is 0. The Bertz CT molecular complexity index is 1430. The summed E-state index contributed by atoms with van der Waals surface area (Å²) in [4.78, 5) is 42.2. The smallest absolute Gasteiger partial charge is 0.248 e. The fraction of sp³-hybridized carbons (Fsp3) is 0.424. The van der Waals surface area contributed by atoms with Gasteiger partial charge < -0.3 is 25.4 Å². The van der Waals surface area contributed by atoms with Gasteiger partial charge in [-0.1, -0.05) is 48.5 Å². The number of rotatable bonds is 11. The average molecular weight is 585 g/mol. The van der Waals surface area contributed by atoms with Crippen molar-refractivity contribution in [2.45, 2.75) is 76.4 Å². The van der Waals surface area contributed by atoms with Gasteiger partial charge in [0.15, 0.2) is 5.82 Å². The lowest BCUT2D eigenvalue weighted by molar-refractivity contribution is -0.141. The number of likely N-dealkylation sites (tertiary alicyclic amines) is 1. The van der Waals surface area contributed by atoms with Crippen LogP contribution >= 0.6 is 0 Å². The Kier molecular flexibility index (Phi) is 9.47. The van der Waals surface area contributed by atoms with Gasteiger partial charge in [0.25, 0.3) is 0 Å². The first-order chi connectivity index (χ1) is 20.7. The van der Waals surface area contributed by atoms with Crippen molar-refractivity contribution in [1.82, 2.24) is 20.2 Å². The standard InChI is InChI=1S/C33H40N6O4/c1-22(34)30(40)37-28(23(2)42-20-24-10-5-4-6-11-24)32(41)39-17-8-14-27(39)31-38-33(3,21-43-31)19-25-12-7-13-26(18-25)29-35-15-9-16-36-29/h4-7,9-13,15-16,18,22-23,27-28H,8,14,17,19-21,34H2,1-3H3,(H,37,40)/t22?,23?,27?,28?,33-/m1/s1. The fourth-order valence-corrected chi connectivity index (χ4v) is 5.56. The van der Waals surface area contributed by atoms with E-state index in [1.165, 1.54) is 0 Å². The molecule has 5 atom stereocenters. The van der Waals surface area contributed by atoms with Crippen molar-refractivity contribution in [1.29, 1.82) is 0 Å². The summed E-state index contributed by atoms with van der Waals surface area (Å²) in [5.74, 6) is 0.599. The van der Waals surface area contributed by atoms with Gasteiger partial charge in [0.1, 0.15) is 18.7 Å². The lowest BCUT2D eigenvalue weighted by Crippen LogP contribution is -2.58. The van der Waals surface area contributed by atoms with Crippen LogP contribution in [0.2, 0.25) is 0 Å². The lowest BCUT2D eigenvalue weighted by atomic mass is 9.93. The number of carbonyl (C=O) groups excluding carboxylic acids is 2. The van der Waals surface area contributed by atoms with Gasteiger partial charge in [-0.05, 0) is 56.9 Å². The topological polar surface area (TPSA) is 132 Å². The van der Waals surface area contributed by atoms with E-state index < -0.39 is 29.6 Å². The molecule has 1 saturated heterocycles. The van der Waals surface area contributed by atoms with Gasteiger partial charge in [-0.2, -0.15) is 0 Å². The molecule has 5 rings (SSSR count). The summed E-state index contributed by atoms with van der Waals surface area (Å²) in [6.45, 7) is 6.72. The van der Waals surface area contributed by atoms with Crippen LogP contribution in [0.4, 0.5) is 0 Å². The molecule has 0 spiro atoms. The zero-order valence-corrected chi connectivity index (χ0v) is 25.0. The summed E-state index contributed by atoms with van der Waals surface area (Å²) >= 11 is 0. The molecule has 2 aromatic carbocycles. The zero-order chi connectivity index (χ0) is 30.4. The van der Waals surface area contributed by atoms with Crippen LogP contribution in [-0.2, 0) is 32.1 Å². The number of carbonyl (C=O) groups is 2. The van der Waals surface area contributed by atoms with Crippen molar-refractivity contribution in [3.63, 3.8) is 0 Å². The van der Waals surface area contributed by atoms with E-state index in [1.54, 1.807) is 37.2 Å². The molecule has 0 radical (unpaired) electrons. The third-order valence-electron chi connectivity index (χ3n) is 7.87. The summed E-state index contributed by atoms with van der Waals surface area (Å²) in [6, 6.07) is 17.7. The molecular weight excluding hydrogens is 544 g/mol. The first-order valence-corrected chi connectivity index (χ1v) is 14.8. The van der Waals surface area contributed by atoms with E-state index in [1.807, 2.05) is 42.5 Å². The molecule has 3 N–H and O–H groups in total. The van der Waals surface area contributed by atoms with Crippen LogP contribution in [-0.4, -0.2) is 75.5 Å². The maximum atomic E-state index is 14.0. The Hall–Kier alpha value is -4.15. The van der Waals surface area contributed by atoms with Gasteiger partial charge in [-0.3, -0.25) is 9.59 Å². The molecule has 1 fully saturated rings. The Labute approximate surface area is 252 Å². The van der Waals surface area contributed by atoms with Crippen molar-refractivity contribution in [3.05, 3.63) is 84.2 Å². The monoisotopic (exact) mass is 584 g/mol. The Morgan fingerprint density at radius 3 is 2.58 bits per heavy atom. The molecule has 3 aromatic rings. The minimum Gasteiger partial charge on any atom is -0.477 e. The largest absolute Gasteiger partial charge is 0.477 e. The molecule has 2 amide bonds. The molecule has 43 heavy (non-hydrogen) atoms. The fourth-order valence-electron chi connectivity index (χ4n) is 5.56. The van der Waals surface area contributed by atoms with Gasteiger partial charge in [0.2, 0.25) is 17.7 Å². The van der Waals surface area contributed by atoms with Crippen LogP contribution in [0.1, 0.15) is 44.7 Å². The Morgan fingerprint density at radius 1 is 1.09 bits per heavy atom. The summed E-state index contributed by atoms with van der Waals surface area (Å²) < 4.78 is 12.3. The second-order valence-corrected chi connectivity index (χ2v) is 11.7. The van der Waals surface area contributed by atoms with Gasteiger partial charge in [0.05, 0.1) is 24.3 Å². The average Bonchev–Trinajstić information content (AvgIpc) is 3.66. The molecule has 0 saturated carbocycles. The Morgan fingerprint density at radius 2 is 1.84 bits per heavy atom. The highest BCUT2D eigenvalue weighted by molar-refractivity contribution is 5.94. The van der Waals surface area contributed by atoms with E-state index in [-0.39, 0.29) is 11.9 Å². The minimum atomic E-state index is -0.904. The normalized spacial score (nSPS) is 21.9. The van der Waals surface area contributed by atoms with Gasteiger partial charge in [-0.15, -0.1) is 0 Å². The SMILES string of the molecule is CC(N)C(=O)NC(C(=O)N1CCCC1C1=N[C@](C)(Cc2cccc(-c3ncccn3)c2)CO1)C(C)OCc1ccccc1. The molecule has 226 valence electrons. The number of nitrogens with zero attached hydrogens (tertiary/aromatic N) is 4. The molecule has 10 heteroatoms. The highest BCUT2D eigenvalue weighted by Gasteiger charge is 2.43. The molecule has 3 heterocycles. The predicted octanol–water partition coefficient (Wildman–Crippen LogP) is 3.30. The van der Waals surface area contributed by atoms with E-state index in [0.29, 0.717) is 37.9 Å². The lowest BCUT2D eigenvalue weighted by Gasteiger charge is -2.32. The quantitative estimate of drug-likeness (QED) is 0.354. The summed E-state index contributed by atoms with van der Waals surface area (Å²) in [5, 5.41) is 2.84. The van der Waals surface area contributed by atoms with E-state index in [9.17, 15) is 9.59 Å². The van der Waals surface area contributed by atoms with E-state index >= 15 is 0 Å². The van der Waals surface area contributed by atoms with Crippen LogP contribution in [0.3, 0.4) is 0 Å². The highest BCUT2D eigenvalue weighted by Crippen LogP contribution is 2.30. The van der Waals surface area contributed by atoms with Crippen molar-refractivity contribution in [3.8, 4) is 11.4 Å². The third-order valence-corrected chi connectivity index (χ3v) is 7.87. The molecular formula is C33H40N6O4. The number of amides is 2. The van der Waals surface area contributed by atoms with Gasteiger partial charge >= 0.3 is 0 Å². The predicted molar refractivity (Wildman–Crippen MR) is 164 cm³/mol. The molecule has 10 nitrogen and oxygen atoms in total. The number of aliphatic imine (C=N–C) groups is 1. The molecule has 2 aliphatic rings. The number of hydrogen-bond acceptors (Lipinski definition) is 8. The maximum absolute atomic E-state index is 14.0. The number of ether oxygens (including phenoxy) is 2. The molecule has 4 unspecified atom stereocenters. The molecule has 1 aromatic heterocycles. The Balaban J connectivity index is 1.30. The summed E-state index contributed by atoms with van der Waals surface area (Å²) in [6.07, 6.45) is 5.07. The van der Waals surface area contributed by atoms with Gasteiger partial charge in [0, 0.05) is 30.9 Å². The number of nitrogens with one attached hydrogen (secondary N) is 1. The molecule has 2 aliphatic heterocycles. The van der Waals surface area contributed by atoms with Crippen LogP contribution in [0.25, 0.3) is 11.4 Å². The van der Waals surface area contributed by atoms with Gasteiger partial charge in [-0.25, -0.2) is 15.0 Å². The number of aromatic nitrogens is 2. The first-order valence-electron chi connectivity index (χ1n) is 14.8. The number of hydrogen-bond donors (Lipinski definition) is 2. The molecule has 0 bridgehead atoms. The van der Waals surface area contributed by atoms with E-state index in [2.05, 4.69) is 34.3 Å². The van der Waals surface area contributed by atoms with Crippen LogP contribution in [0, 0.1) is 0 Å². The molecule has 0 aliphatic carbocycles. The van der Waals surface area contributed by atoms with Crippen LogP contribution < -0.4 is 11.1 Å². The van der Waals surface area contributed by atoms with Crippen molar-refractivity contribution in [2.75, 3.05) is 13.2 Å². The van der Waals surface area contributed by atoms with Crippen LogP contribution in [0.15, 0.2) is 78.0 Å². The number of benzene rings is 2.